The fourth-order valence-corrected chi connectivity index (χ4v) is 2.89. The van der Waals surface area contributed by atoms with Crippen molar-refractivity contribution in [2.75, 3.05) is 13.2 Å². The maximum Gasteiger partial charge on any atom is 0.325 e. The lowest BCUT2D eigenvalue weighted by molar-refractivity contribution is -0.131. The van der Waals surface area contributed by atoms with Crippen LogP contribution in [0.2, 0.25) is 0 Å². The monoisotopic (exact) mass is 238 g/mol. The van der Waals surface area contributed by atoms with E-state index in [2.05, 4.69) is 5.32 Å². The Hall–Kier alpha value is -1.10. The lowest BCUT2D eigenvalue weighted by atomic mass is 9.90. The summed E-state index contributed by atoms with van der Waals surface area (Å²) in [6.45, 7) is 1.09. The third-order valence-corrected chi connectivity index (χ3v) is 3.99. The molecule has 2 saturated heterocycles. The van der Waals surface area contributed by atoms with Crippen LogP contribution in [0.15, 0.2) is 0 Å². The summed E-state index contributed by atoms with van der Waals surface area (Å²) < 4.78 is 5.09. The Morgan fingerprint density at radius 2 is 1.88 bits per heavy atom. The predicted molar refractivity (Wildman–Crippen MR) is 60.4 cm³/mol. The summed E-state index contributed by atoms with van der Waals surface area (Å²) in [6.07, 6.45) is 6.04. The van der Waals surface area contributed by atoms with Gasteiger partial charge >= 0.3 is 6.03 Å². The first kappa shape index (κ1) is 11.0. The smallest absolute Gasteiger partial charge is 0.325 e. The number of nitrogens with one attached hydrogen (secondary N) is 1. The molecule has 3 amide bonds. The summed E-state index contributed by atoms with van der Waals surface area (Å²) in [5.74, 6) is -0.0279. The number of carbonyl (C=O) groups is 2. The van der Waals surface area contributed by atoms with Gasteiger partial charge < -0.3 is 10.1 Å². The highest BCUT2D eigenvalue weighted by Crippen LogP contribution is 2.33. The number of rotatable bonds is 2. The van der Waals surface area contributed by atoms with Crippen LogP contribution in [-0.2, 0) is 9.53 Å². The van der Waals surface area contributed by atoms with Gasteiger partial charge in [0, 0.05) is 0 Å². The van der Waals surface area contributed by atoms with Crippen LogP contribution in [0.3, 0.4) is 0 Å². The number of epoxide rings is 1. The average Bonchev–Trinajstić information content (AvgIpc) is 3.09. The lowest BCUT2D eigenvalue weighted by Gasteiger charge is -2.24. The number of imide groups is 1. The Labute approximate surface area is 100 Å². The molecule has 1 unspecified atom stereocenters. The second-order valence-corrected chi connectivity index (χ2v) is 5.30. The van der Waals surface area contributed by atoms with E-state index in [1.807, 2.05) is 0 Å². The normalized spacial score (nSPS) is 31.5. The minimum atomic E-state index is -0.595. The highest BCUT2D eigenvalue weighted by molar-refractivity contribution is 6.07. The number of nitrogens with zero attached hydrogens (tertiary/aromatic N) is 1. The highest BCUT2D eigenvalue weighted by Gasteiger charge is 2.51. The Bertz CT molecular complexity index is 344. The van der Waals surface area contributed by atoms with Crippen molar-refractivity contribution in [2.45, 2.75) is 50.2 Å². The van der Waals surface area contributed by atoms with Gasteiger partial charge in [0.25, 0.3) is 5.91 Å². The summed E-state index contributed by atoms with van der Waals surface area (Å²) >= 11 is 0. The van der Waals surface area contributed by atoms with Crippen molar-refractivity contribution in [2.24, 2.45) is 0 Å². The van der Waals surface area contributed by atoms with Crippen LogP contribution in [0, 0.1) is 0 Å². The van der Waals surface area contributed by atoms with Gasteiger partial charge in [-0.1, -0.05) is 25.7 Å². The number of amides is 3. The Morgan fingerprint density at radius 1 is 1.24 bits per heavy atom. The van der Waals surface area contributed by atoms with Crippen molar-refractivity contribution in [1.29, 1.82) is 0 Å². The lowest BCUT2D eigenvalue weighted by Crippen LogP contribution is -2.46. The van der Waals surface area contributed by atoms with Gasteiger partial charge in [-0.05, 0) is 12.8 Å². The maximum absolute atomic E-state index is 12.4. The van der Waals surface area contributed by atoms with Crippen molar-refractivity contribution in [3.05, 3.63) is 0 Å². The molecule has 2 heterocycles. The van der Waals surface area contributed by atoms with Gasteiger partial charge in [0.1, 0.15) is 5.54 Å². The molecule has 0 aromatic carbocycles. The molecular formula is C12H18N2O3. The molecule has 3 aliphatic rings. The summed E-state index contributed by atoms with van der Waals surface area (Å²) in [4.78, 5) is 25.6. The van der Waals surface area contributed by atoms with Gasteiger partial charge in [-0.3, -0.25) is 9.69 Å². The Morgan fingerprint density at radius 3 is 2.47 bits per heavy atom. The molecule has 1 aliphatic carbocycles. The van der Waals surface area contributed by atoms with Crippen LogP contribution in [0.4, 0.5) is 4.79 Å². The van der Waals surface area contributed by atoms with E-state index in [4.69, 9.17) is 4.74 Å². The van der Waals surface area contributed by atoms with Crippen LogP contribution in [-0.4, -0.2) is 41.6 Å². The summed E-state index contributed by atoms with van der Waals surface area (Å²) in [5, 5.41) is 2.92. The SMILES string of the molecule is O=C1NC2(CCCCCC2)C(=O)N1CC1CO1. The molecule has 3 rings (SSSR count). The molecule has 0 radical (unpaired) electrons. The first-order valence-electron chi connectivity index (χ1n) is 6.47. The molecule has 0 aromatic heterocycles. The highest BCUT2D eigenvalue weighted by atomic mass is 16.6. The van der Waals surface area contributed by atoms with E-state index in [1.54, 1.807) is 0 Å². The topological polar surface area (TPSA) is 61.9 Å². The second kappa shape index (κ2) is 3.98. The van der Waals surface area contributed by atoms with Crippen molar-refractivity contribution >= 4 is 11.9 Å². The minimum Gasteiger partial charge on any atom is -0.371 e. The van der Waals surface area contributed by atoms with E-state index < -0.39 is 5.54 Å². The van der Waals surface area contributed by atoms with Crippen molar-refractivity contribution in [3.8, 4) is 0 Å². The standard InChI is InChI=1S/C12H18N2O3/c15-10-12(5-3-1-2-4-6-12)13-11(16)14(10)7-9-8-17-9/h9H,1-8H2,(H,13,16). The number of carbonyl (C=O) groups excluding carboxylic acids is 2. The quantitative estimate of drug-likeness (QED) is 0.577. The van der Waals surface area contributed by atoms with Crippen LogP contribution in [0.5, 0.6) is 0 Å². The number of urea groups is 1. The van der Waals surface area contributed by atoms with Gasteiger partial charge in [0.05, 0.1) is 19.3 Å². The van der Waals surface area contributed by atoms with Gasteiger partial charge in [0.2, 0.25) is 0 Å². The summed E-state index contributed by atoms with van der Waals surface area (Å²) in [5.41, 5.74) is -0.595. The Balaban J connectivity index is 1.77. The van der Waals surface area contributed by atoms with Gasteiger partial charge in [-0.2, -0.15) is 0 Å². The number of hydrogen-bond acceptors (Lipinski definition) is 3. The zero-order valence-electron chi connectivity index (χ0n) is 9.91. The van der Waals surface area contributed by atoms with Gasteiger partial charge in [-0.15, -0.1) is 0 Å². The van der Waals surface area contributed by atoms with E-state index in [0.29, 0.717) is 13.2 Å². The molecule has 1 N–H and O–H groups in total. The molecule has 1 atom stereocenters. The first-order valence-corrected chi connectivity index (χ1v) is 6.47. The fourth-order valence-electron chi connectivity index (χ4n) is 2.89. The molecule has 0 bridgehead atoms. The largest absolute Gasteiger partial charge is 0.371 e. The molecule has 3 fully saturated rings. The first-order chi connectivity index (χ1) is 8.21. The third kappa shape index (κ3) is 1.92. The zero-order valence-corrected chi connectivity index (χ0v) is 9.91. The predicted octanol–water partition coefficient (Wildman–Crippen LogP) is 1.03. The molecule has 0 aromatic rings. The molecule has 2 aliphatic heterocycles. The molecule has 1 spiro atoms. The van der Waals surface area contributed by atoms with Crippen molar-refractivity contribution in [3.63, 3.8) is 0 Å². The molecular weight excluding hydrogens is 220 g/mol. The van der Waals surface area contributed by atoms with Crippen LogP contribution in [0.25, 0.3) is 0 Å². The van der Waals surface area contributed by atoms with Crippen LogP contribution >= 0.6 is 0 Å². The molecule has 1 saturated carbocycles. The molecule has 94 valence electrons. The third-order valence-electron chi connectivity index (χ3n) is 3.99. The molecule has 5 heteroatoms. The maximum atomic E-state index is 12.4. The Kier molecular flexibility index (Phi) is 2.58. The van der Waals surface area contributed by atoms with Crippen molar-refractivity contribution in [1.82, 2.24) is 10.2 Å². The van der Waals surface area contributed by atoms with Crippen LogP contribution < -0.4 is 5.32 Å². The van der Waals surface area contributed by atoms with Crippen molar-refractivity contribution < 1.29 is 14.3 Å². The van der Waals surface area contributed by atoms with E-state index in [1.165, 1.54) is 4.90 Å². The summed E-state index contributed by atoms with van der Waals surface area (Å²) in [6, 6.07) is -0.229. The van der Waals surface area contributed by atoms with Gasteiger partial charge in [0.15, 0.2) is 0 Å². The second-order valence-electron chi connectivity index (χ2n) is 5.30. The van der Waals surface area contributed by atoms with E-state index >= 15 is 0 Å². The summed E-state index contributed by atoms with van der Waals surface area (Å²) in [7, 11) is 0. The fraction of sp³-hybridized carbons (Fsp3) is 0.833. The van der Waals surface area contributed by atoms with Crippen LogP contribution in [0.1, 0.15) is 38.5 Å². The van der Waals surface area contributed by atoms with E-state index in [-0.39, 0.29) is 18.0 Å². The van der Waals surface area contributed by atoms with E-state index in [0.717, 1.165) is 38.5 Å². The number of ether oxygens (including phenoxy) is 1. The number of hydrogen-bond donors (Lipinski definition) is 1. The zero-order chi connectivity index (χ0) is 11.9. The minimum absolute atomic E-state index is 0.0279. The average molecular weight is 238 g/mol. The van der Waals surface area contributed by atoms with Gasteiger partial charge in [-0.25, -0.2) is 4.79 Å². The van der Waals surface area contributed by atoms with E-state index in [9.17, 15) is 9.59 Å². The molecule has 17 heavy (non-hydrogen) atoms. The molecule has 5 nitrogen and oxygen atoms in total.